The summed E-state index contributed by atoms with van der Waals surface area (Å²) >= 11 is 0. The summed E-state index contributed by atoms with van der Waals surface area (Å²) < 4.78 is 13.6. The molecule has 18 heavy (non-hydrogen) atoms. The van der Waals surface area contributed by atoms with E-state index in [2.05, 4.69) is 6.92 Å². The van der Waals surface area contributed by atoms with Gasteiger partial charge in [-0.3, -0.25) is 0 Å². The molecule has 0 amide bonds. The summed E-state index contributed by atoms with van der Waals surface area (Å²) in [6, 6.07) is 6.93. The standard InChI is InChI=1S/C15H25FN2/c1-3-13(10-11-17)7-6-12-18(2)15-9-5-4-8-14(15)16/h4-5,8-9,13H,3,6-7,10-12,17H2,1-2H3. The highest BCUT2D eigenvalue weighted by Crippen LogP contribution is 2.19. The Kier molecular flexibility index (Phi) is 6.73. The van der Waals surface area contributed by atoms with Crippen molar-refractivity contribution in [2.75, 3.05) is 25.0 Å². The molecular weight excluding hydrogens is 227 g/mol. The van der Waals surface area contributed by atoms with Gasteiger partial charge in [0.1, 0.15) is 5.82 Å². The van der Waals surface area contributed by atoms with E-state index >= 15 is 0 Å². The molecule has 0 spiro atoms. The minimum absolute atomic E-state index is 0.144. The lowest BCUT2D eigenvalue weighted by molar-refractivity contribution is 0.430. The topological polar surface area (TPSA) is 29.3 Å². The molecule has 2 N–H and O–H groups in total. The Bertz CT molecular complexity index is 341. The van der Waals surface area contributed by atoms with Crippen molar-refractivity contribution in [3.8, 4) is 0 Å². The third kappa shape index (κ3) is 4.65. The van der Waals surface area contributed by atoms with Crippen molar-refractivity contribution in [3.05, 3.63) is 30.1 Å². The monoisotopic (exact) mass is 252 g/mol. The second kappa shape index (κ2) is 8.09. The van der Waals surface area contributed by atoms with Crippen LogP contribution in [0.25, 0.3) is 0 Å². The zero-order valence-corrected chi connectivity index (χ0v) is 11.5. The van der Waals surface area contributed by atoms with E-state index in [-0.39, 0.29) is 5.82 Å². The van der Waals surface area contributed by atoms with Crippen LogP contribution in [0, 0.1) is 11.7 Å². The van der Waals surface area contributed by atoms with Gasteiger partial charge in [-0.15, -0.1) is 0 Å². The Hall–Kier alpha value is -1.09. The van der Waals surface area contributed by atoms with Crippen molar-refractivity contribution >= 4 is 5.69 Å². The van der Waals surface area contributed by atoms with Crippen molar-refractivity contribution < 1.29 is 4.39 Å². The molecule has 1 aromatic rings. The molecule has 0 aliphatic rings. The third-order valence-electron chi connectivity index (χ3n) is 3.52. The fourth-order valence-corrected chi connectivity index (χ4v) is 2.29. The lowest BCUT2D eigenvalue weighted by atomic mass is 9.96. The number of nitrogens with two attached hydrogens (primary N) is 1. The molecule has 0 heterocycles. The zero-order chi connectivity index (χ0) is 13.4. The van der Waals surface area contributed by atoms with E-state index in [1.807, 2.05) is 24.1 Å². The zero-order valence-electron chi connectivity index (χ0n) is 11.5. The first-order chi connectivity index (χ1) is 8.69. The maximum Gasteiger partial charge on any atom is 0.146 e. The van der Waals surface area contributed by atoms with E-state index in [9.17, 15) is 4.39 Å². The highest BCUT2D eigenvalue weighted by molar-refractivity contribution is 5.46. The van der Waals surface area contributed by atoms with E-state index in [4.69, 9.17) is 5.73 Å². The van der Waals surface area contributed by atoms with Gasteiger partial charge in [0, 0.05) is 13.6 Å². The molecule has 0 aliphatic heterocycles. The number of rotatable bonds is 8. The SMILES string of the molecule is CCC(CCN)CCCN(C)c1ccccc1F. The Morgan fingerprint density at radius 3 is 2.61 bits per heavy atom. The molecule has 1 atom stereocenters. The van der Waals surface area contributed by atoms with Crippen LogP contribution in [0.4, 0.5) is 10.1 Å². The van der Waals surface area contributed by atoms with Gasteiger partial charge in [-0.1, -0.05) is 25.5 Å². The summed E-state index contributed by atoms with van der Waals surface area (Å²) in [6.07, 6.45) is 4.54. The van der Waals surface area contributed by atoms with Crippen molar-refractivity contribution in [2.24, 2.45) is 11.7 Å². The first-order valence-electron chi connectivity index (χ1n) is 6.84. The lowest BCUT2D eigenvalue weighted by Gasteiger charge is -2.21. The first kappa shape index (κ1) is 15.0. The summed E-state index contributed by atoms with van der Waals surface area (Å²) in [5.74, 6) is 0.568. The fraction of sp³-hybridized carbons (Fsp3) is 0.600. The minimum atomic E-state index is -0.144. The van der Waals surface area contributed by atoms with E-state index in [1.54, 1.807) is 6.07 Å². The lowest BCUT2D eigenvalue weighted by Crippen LogP contribution is -2.20. The normalized spacial score (nSPS) is 12.4. The molecule has 3 heteroatoms. The molecule has 1 aromatic carbocycles. The number of anilines is 1. The quantitative estimate of drug-likeness (QED) is 0.768. The molecule has 1 rings (SSSR count). The van der Waals surface area contributed by atoms with Crippen LogP contribution in [0.2, 0.25) is 0 Å². The smallest absolute Gasteiger partial charge is 0.146 e. The van der Waals surface area contributed by atoms with Gasteiger partial charge in [-0.05, 0) is 43.9 Å². The number of para-hydroxylation sites is 1. The molecule has 0 saturated carbocycles. The predicted molar refractivity (Wildman–Crippen MR) is 76.4 cm³/mol. The van der Waals surface area contributed by atoms with Crippen molar-refractivity contribution in [1.29, 1.82) is 0 Å². The molecule has 0 saturated heterocycles. The van der Waals surface area contributed by atoms with Crippen LogP contribution in [-0.2, 0) is 0 Å². The average molecular weight is 252 g/mol. The minimum Gasteiger partial charge on any atom is -0.372 e. The molecule has 1 unspecified atom stereocenters. The summed E-state index contributed by atoms with van der Waals surface area (Å²) in [4.78, 5) is 1.99. The van der Waals surface area contributed by atoms with Crippen molar-refractivity contribution in [3.63, 3.8) is 0 Å². The summed E-state index contributed by atoms with van der Waals surface area (Å²) in [5, 5.41) is 0. The van der Waals surface area contributed by atoms with Crippen LogP contribution in [-0.4, -0.2) is 20.1 Å². The van der Waals surface area contributed by atoms with Crippen LogP contribution in [0.1, 0.15) is 32.6 Å². The molecule has 0 aliphatic carbocycles. The van der Waals surface area contributed by atoms with Crippen LogP contribution in [0.5, 0.6) is 0 Å². The summed E-state index contributed by atoms with van der Waals surface area (Å²) in [7, 11) is 1.95. The number of nitrogens with zero attached hydrogens (tertiary/aromatic N) is 1. The van der Waals surface area contributed by atoms with Gasteiger partial charge < -0.3 is 10.6 Å². The van der Waals surface area contributed by atoms with Crippen molar-refractivity contribution in [1.82, 2.24) is 0 Å². The van der Waals surface area contributed by atoms with Gasteiger partial charge in [0.05, 0.1) is 5.69 Å². The van der Waals surface area contributed by atoms with Crippen LogP contribution >= 0.6 is 0 Å². The Balaban J connectivity index is 2.37. The van der Waals surface area contributed by atoms with E-state index in [0.717, 1.165) is 25.9 Å². The van der Waals surface area contributed by atoms with Gasteiger partial charge in [-0.2, -0.15) is 0 Å². The molecule has 0 bridgehead atoms. The van der Waals surface area contributed by atoms with Crippen LogP contribution < -0.4 is 10.6 Å². The number of benzene rings is 1. The van der Waals surface area contributed by atoms with E-state index in [0.29, 0.717) is 11.6 Å². The first-order valence-corrected chi connectivity index (χ1v) is 6.84. The molecule has 0 fully saturated rings. The average Bonchev–Trinajstić information content (AvgIpc) is 2.38. The molecule has 0 radical (unpaired) electrons. The summed E-state index contributed by atoms with van der Waals surface area (Å²) in [5.41, 5.74) is 6.27. The van der Waals surface area contributed by atoms with Gasteiger partial charge in [0.15, 0.2) is 0 Å². The Morgan fingerprint density at radius 1 is 1.28 bits per heavy atom. The Morgan fingerprint density at radius 2 is 2.00 bits per heavy atom. The van der Waals surface area contributed by atoms with Gasteiger partial charge >= 0.3 is 0 Å². The number of hydrogen-bond donors (Lipinski definition) is 1. The van der Waals surface area contributed by atoms with Crippen LogP contribution in [0.3, 0.4) is 0 Å². The van der Waals surface area contributed by atoms with Crippen molar-refractivity contribution in [2.45, 2.75) is 32.6 Å². The highest BCUT2D eigenvalue weighted by atomic mass is 19.1. The molecule has 2 nitrogen and oxygen atoms in total. The van der Waals surface area contributed by atoms with E-state index in [1.165, 1.54) is 18.9 Å². The Labute approximate surface area is 110 Å². The fourth-order valence-electron chi connectivity index (χ4n) is 2.29. The maximum absolute atomic E-state index is 13.6. The number of hydrogen-bond acceptors (Lipinski definition) is 2. The maximum atomic E-state index is 13.6. The predicted octanol–water partition coefficient (Wildman–Crippen LogP) is 3.42. The van der Waals surface area contributed by atoms with Crippen LogP contribution in [0.15, 0.2) is 24.3 Å². The van der Waals surface area contributed by atoms with Gasteiger partial charge in [0.25, 0.3) is 0 Å². The van der Waals surface area contributed by atoms with Gasteiger partial charge in [0.2, 0.25) is 0 Å². The highest BCUT2D eigenvalue weighted by Gasteiger charge is 2.08. The van der Waals surface area contributed by atoms with Gasteiger partial charge in [-0.25, -0.2) is 4.39 Å². The van der Waals surface area contributed by atoms with E-state index < -0.39 is 0 Å². The largest absolute Gasteiger partial charge is 0.372 e. The molecule has 102 valence electrons. The summed E-state index contributed by atoms with van der Waals surface area (Å²) in [6.45, 7) is 3.87. The molecular formula is C15H25FN2. The number of halogens is 1. The second-order valence-corrected chi connectivity index (χ2v) is 4.87. The third-order valence-corrected chi connectivity index (χ3v) is 3.52. The molecule has 0 aromatic heterocycles. The second-order valence-electron chi connectivity index (χ2n) is 4.87.